The molecule has 6 nitrogen and oxygen atoms in total. The van der Waals surface area contributed by atoms with E-state index < -0.39 is 21.7 Å². The molecule has 10 heteroatoms. The lowest BCUT2D eigenvalue weighted by Crippen LogP contribution is -2.44. The van der Waals surface area contributed by atoms with Gasteiger partial charge in [-0.1, -0.05) is 6.92 Å². The van der Waals surface area contributed by atoms with Crippen LogP contribution < -0.4 is 10.6 Å². The van der Waals surface area contributed by atoms with Crippen molar-refractivity contribution in [1.29, 1.82) is 0 Å². The van der Waals surface area contributed by atoms with Gasteiger partial charge in [-0.3, -0.25) is 4.79 Å². The van der Waals surface area contributed by atoms with Gasteiger partial charge in [0.1, 0.15) is 0 Å². The number of benzene rings is 1. The number of carbonyl (C=O) groups is 1. The summed E-state index contributed by atoms with van der Waals surface area (Å²) in [5.41, 5.74) is 0. The van der Waals surface area contributed by atoms with Crippen LogP contribution in [-0.4, -0.2) is 51.4 Å². The van der Waals surface area contributed by atoms with E-state index in [0.717, 1.165) is 25.1 Å². The summed E-state index contributed by atoms with van der Waals surface area (Å²) in [7, 11) is -3.89. The summed E-state index contributed by atoms with van der Waals surface area (Å²) >= 11 is 0. The number of amides is 1. The lowest BCUT2D eigenvalue weighted by Gasteiger charge is -2.30. The van der Waals surface area contributed by atoms with Crippen molar-refractivity contribution in [3.8, 4) is 0 Å². The van der Waals surface area contributed by atoms with Crippen LogP contribution in [0.5, 0.6) is 0 Å². The smallest absolute Gasteiger partial charge is 0.243 e. The lowest BCUT2D eigenvalue weighted by molar-refractivity contribution is -0.126. The number of carbonyl (C=O) groups excluding carboxylic acids is 1. The molecule has 1 heterocycles. The van der Waals surface area contributed by atoms with Crippen molar-refractivity contribution < 1.29 is 22.0 Å². The minimum absolute atomic E-state index is 0. The van der Waals surface area contributed by atoms with E-state index in [0.29, 0.717) is 32.0 Å². The van der Waals surface area contributed by atoms with E-state index in [2.05, 4.69) is 17.6 Å². The zero-order valence-corrected chi connectivity index (χ0v) is 16.8. The van der Waals surface area contributed by atoms with Crippen LogP contribution in [0.2, 0.25) is 0 Å². The van der Waals surface area contributed by atoms with Crippen LogP contribution in [0.1, 0.15) is 26.2 Å². The zero-order valence-electron chi connectivity index (χ0n) is 15.2. The minimum Gasteiger partial charge on any atom is -0.355 e. The van der Waals surface area contributed by atoms with Gasteiger partial charge in [-0.2, -0.15) is 4.31 Å². The number of nitrogens with zero attached hydrogens (tertiary/aromatic N) is 1. The summed E-state index contributed by atoms with van der Waals surface area (Å²) in [4.78, 5) is 11.9. The molecular formula is C17H26ClF2N3O3S. The summed E-state index contributed by atoms with van der Waals surface area (Å²) in [6.45, 7) is 4.54. The highest BCUT2D eigenvalue weighted by Gasteiger charge is 2.32. The van der Waals surface area contributed by atoms with E-state index >= 15 is 0 Å². The van der Waals surface area contributed by atoms with Crippen molar-refractivity contribution in [1.82, 2.24) is 14.9 Å². The molecule has 27 heavy (non-hydrogen) atoms. The highest BCUT2D eigenvalue weighted by atomic mass is 35.5. The van der Waals surface area contributed by atoms with Crippen molar-refractivity contribution in [2.45, 2.75) is 31.1 Å². The Balaban J connectivity index is 0.00000364. The van der Waals surface area contributed by atoms with E-state index in [1.165, 1.54) is 4.31 Å². The minimum atomic E-state index is -3.89. The molecule has 0 radical (unpaired) electrons. The fourth-order valence-electron chi connectivity index (χ4n) is 2.86. The van der Waals surface area contributed by atoms with E-state index in [9.17, 15) is 22.0 Å². The van der Waals surface area contributed by atoms with E-state index in [4.69, 9.17) is 0 Å². The van der Waals surface area contributed by atoms with Crippen molar-refractivity contribution in [3.63, 3.8) is 0 Å². The highest BCUT2D eigenvalue weighted by molar-refractivity contribution is 7.89. The van der Waals surface area contributed by atoms with E-state index in [-0.39, 0.29) is 42.2 Å². The highest BCUT2D eigenvalue weighted by Crippen LogP contribution is 2.24. The monoisotopic (exact) mass is 425 g/mol. The van der Waals surface area contributed by atoms with Gasteiger partial charge in [0, 0.05) is 32.1 Å². The molecule has 0 saturated carbocycles. The third kappa shape index (κ3) is 6.38. The zero-order chi connectivity index (χ0) is 19.2. The fourth-order valence-corrected chi connectivity index (χ4v) is 4.35. The fraction of sp³-hybridized carbons (Fsp3) is 0.588. The van der Waals surface area contributed by atoms with Crippen LogP contribution in [0.4, 0.5) is 8.78 Å². The normalized spacial score (nSPS) is 16.0. The molecule has 0 unspecified atom stereocenters. The first-order valence-electron chi connectivity index (χ1n) is 8.80. The van der Waals surface area contributed by atoms with Gasteiger partial charge in [0.25, 0.3) is 0 Å². The standard InChI is InChI=1S/C17H25F2N3O3S.ClH/c1-2-7-20-8-9-21-17(23)13-5-10-22(11-6-13)26(24,25)14-3-4-15(18)16(19)12-14;/h3-4,12-13,20H,2,5-11H2,1H3,(H,21,23);1H. The first kappa shape index (κ1) is 23.7. The molecular weight excluding hydrogens is 400 g/mol. The number of hydrogen-bond donors (Lipinski definition) is 2. The molecule has 0 atom stereocenters. The van der Waals surface area contributed by atoms with Gasteiger partial charge in [0.2, 0.25) is 15.9 Å². The number of piperidine rings is 1. The van der Waals surface area contributed by atoms with Gasteiger partial charge in [-0.05, 0) is 44.0 Å². The van der Waals surface area contributed by atoms with Gasteiger partial charge < -0.3 is 10.6 Å². The summed E-state index contributed by atoms with van der Waals surface area (Å²) in [5, 5.41) is 6.04. The first-order valence-corrected chi connectivity index (χ1v) is 10.2. The predicted molar refractivity (Wildman–Crippen MR) is 101 cm³/mol. The maximum absolute atomic E-state index is 13.3. The van der Waals surface area contributed by atoms with E-state index in [1.807, 2.05) is 0 Å². The quantitative estimate of drug-likeness (QED) is 0.623. The second kappa shape index (κ2) is 10.9. The van der Waals surface area contributed by atoms with Gasteiger partial charge in [-0.25, -0.2) is 17.2 Å². The Morgan fingerprint density at radius 1 is 1.15 bits per heavy atom. The van der Waals surface area contributed by atoms with Crippen LogP contribution in [0.25, 0.3) is 0 Å². The molecule has 1 aliphatic heterocycles. The molecule has 1 aromatic carbocycles. The summed E-state index contributed by atoms with van der Waals surface area (Å²) in [6, 6.07) is 2.54. The van der Waals surface area contributed by atoms with Crippen molar-refractivity contribution in [3.05, 3.63) is 29.8 Å². The number of nitrogens with one attached hydrogen (secondary N) is 2. The summed E-state index contributed by atoms with van der Waals surface area (Å²) < 4.78 is 52.6. The molecule has 1 saturated heterocycles. The first-order chi connectivity index (χ1) is 12.4. The average Bonchev–Trinajstić information content (AvgIpc) is 2.63. The molecule has 0 spiro atoms. The Bertz CT molecular complexity index is 726. The van der Waals surface area contributed by atoms with Gasteiger partial charge in [0.05, 0.1) is 4.90 Å². The number of rotatable bonds is 8. The maximum Gasteiger partial charge on any atom is 0.243 e. The SMILES string of the molecule is CCCNCCNC(=O)C1CCN(S(=O)(=O)c2ccc(F)c(F)c2)CC1.Cl. The van der Waals surface area contributed by atoms with Crippen molar-refractivity contribution in [2.75, 3.05) is 32.7 Å². The van der Waals surface area contributed by atoms with Crippen LogP contribution in [0.3, 0.4) is 0 Å². The Morgan fingerprint density at radius 2 is 1.81 bits per heavy atom. The van der Waals surface area contributed by atoms with Crippen LogP contribution in [-0.2, 0) is 14.8 Å². The van der Waals surface area contributed by atoms with Gasteiger partial charge in [-0.15, -0.1) is 12.4 Å². The molecule has 0 aromatic heterocycles. The van der Waals surface area contributed by atoms with Crippen LogP contribution in [0, 0.1) is 17.6 Å². The number of halogens is 3. The van der Waals surface area contributed by atoms with Crippen LogP contribution in [0.15, 0.2) is 23.1 Å². The molecule has 154 valence electrons. The van der Waals surface area contributed by atoms with Crippen LogP contribution >= 0.6 is 12.4 Å². The Labute approximate surface area is 165 Å². The van der Waals surface area contributed by atoms with Gasteiger partial charge >= 0.3 is 0 Å². The largest absolute Gasteiger partial charge is 0.355 e. The van der Waals surface area contributed by atoms with Crippen molar-refractivity contribution >= 4 is 28.3 Å². The molecule has 2 rings (SSSR count). The Kier molecular flexibility index (Phi) is 9.58. The maximum atomic E-state index is 13.3. The average molecular weight is 426 g/mol. The molecule has 1 aliphatic rings. The second-order valence-electron chi connectivity index (χ2n) is 6.30. The molecule has 0 bridgehead atoms. The topological polar surface area (TPSA) is 78.5 Å². The number of hydrogen-bond acceptors (Lipinski definition) is 4. The molecule has 0 aliphatic carbocycles. The summed E-state index contributed by atoms with van der Waals surface area (Å²) in [5.74, 6) is -2.60. The third-order valence-electron chi connectivity index (χ3n) is 4.38. The molecule has 2 N–H and O–H groups in total. The third-order valence-corrected chi connectivity index (χ3v) is 6.28. The van der Waals surface area contributed by atoms with Crippen molar-refractivity contribution in [2.24, 2.45) is 5.92 Å². The van der Waals surface area contributed by atoms with Gasteiger partial charge in [0.15, 0.2) is 11.6 Å². The molecule has 1 amide bonds. The number of sulfonamides is 1. The Morgan fingerprint density at radius 3 is 2.41 bits per heavy atom. The van der Waals surface area contributed by atoms with E-state index in [1.54, 1.807) is 0 Å². The molecule has 1 fully saturated rings. The lowest BCUT2D eigenvalue weighted by atomic mass is 9.97. The predicted octanol–water partition coefficient (Wildman–Crippen LogP) is 1.90. The molecule has 1 aromatic rings. The summed E-state index contributed by atoms with van der Waals surface area (Å²) in [6.07, 6.45) is 1.83. The second-order valence-corrected chi connectivity index (χ2v) is 8.23. The Hall–Kier alpha value is -1.29.